The van der Waals surface area contributed by atoms with Crippen LogP contribution in [-0.4, -0.2) is 11.7 Å². The lowest BCUT2D eigenvalue weighted by Crippen LogP contribution is -2.01. The first-order valence-electron chi connectivity index (χ1n) is 8.60. The average Bonchev–Trinajstić information content (AvgIpc) is 2.71. The van der Waals surface area contributed by atoms with E-state index in [0.29, 0.717) is 24.7 Å². The maximum Gasteiger partial charge on any atom is 0.162 e. The van der Waals surface area contributed by atoms with Crippen molar-refractivity contribution in [3.05, 3.63) is 102 Å². The summed E-state index contributed by atoms with van der Waals surface area (Å²) < 4.78 is 12.0. The van der Waals surface area contributed by atoms with Gasteiger partial charge in [0, 0.05) is 0 Å². The minimum Gasteiger partial charge on any atom is -0.485 e. The van der Waals surface area contributed by atoms with Crippen LogP contribution >= 0.6 is 0 Å². The second kappa shape index (κ2) is 9.44. The van der Waals surface area contributed by atoms with E-state index in [1.807, 2.05) is 84.9 Å². The first-order valence-corrected chi connectivity index (χ1v) is 8.60. The fraction of sp³-hybridized carbons (Fsp3) is 0.130. The molecule has 0 heterocycles. The average molecular weight is 346 g/mol. The van der Waals surface area contributed by atoms with Crippen molar-refractivity contribution in [2.75, 3.05) is 6.61 Å². The van der Waals surface area contributed by atoms with Gasteiger partial charge in [0.2, 0.25) is 0 Å². The molecule has 3 nitrogen and oxygen atoms in total. The number of aliphatic hydroxyl groups excluding tert-OH is 1. The smallest absolute Gasteiger partial charge is 0.162 e. The predicted octanol–water partition coefficient (Wildman–Crippen LogP) is 4.85. The third kappa shape index (κ3) is 5.23. The van der Waals surface area contributed by atoms with E-state index in [9.17, 15) is 0 Å². The van der Waals surface area contributed by atoms with Crippen LogP contribution in [0.2, 0.25) is 0 Å². The number of ether oxygens (including phenoxy) is 2. The lowest BCUT2D eigenvalue weighted by atomic mass is 10.2. The summed E-state index contributed by atoms with van der Waals surface area (Å²) in [4.78, 5) is 0. The third-order valence-electron chi connectivity index (χ3n) is 3.86. The lowest BCUT2D eigenvalue weighted by Gasteiger charge is -2.14. The topological polar surface area (TPSA) is 38.7 Å². The Morgan fingerprint density at radius 2 is 1.27 bits per heavy atom. The standard InChI is InChI=1S/C23H22O3/c24-15-7-12-19-13-14-22(25-17-20-8-3-1-4-9-20)23(16-19)26-18-21-10-5-2-6-11-21/h1-14,16,24H,15,17-18H2. The van der Waals surface area contributed by atoms with Crippen molar-refractivity contribution in [1.82, 2.24) is 0 Å². The molecule has 1 N–H and O–H groups in total. The maximum absolute atomic E-state index is 8.97. The molecule has 3 heteroatoms. The van der Waals surface area contributed by atoms with Crippen LogP contribution in [0.5, 0.6) is 11.5 Å². The van der Waals surface area contributed by atoms with Crippen molar-refractivity contribution in [1.29, 1.82) is 0 Å². The van der Waals surface area contributed by atoms with E-state index in [1.54, 1.807) is 6.08 Å². The molecule has 0 fully saturated rings. The molecule has 26 heavy (non-hydrogen) atoms. The molecule has 0 aliphatic carbocycles. The summed E-state index contributed by atoms with van der Waals surface area (Å²) in [5.74, 6) is 1.39. The molecule has 3 aromatic rings. The molecule has 0 unspecified atom stereocenters. The molecule has 0 aromatic heterocycles. The molecule has 0 radical (unpaired) electrons. The molecule has 0 bridgehead atoms. The molecule has 0 spiro atoms. The summed E-state index contributed by atoms with van der Waals surface area (Å²) in [7, 11) is 0. The molecule has 0 amide bonds. The van der Waals surface area contributed by atoms with Gasteiger partial charge in [0.05, 0.1) is 6.61 Å². The van der Waals surface area contributed by atoms with E-state index in [2.05, 4.69) is 0 Å². The fourth-order valence-corrected chi connectivity index (χ4v) is 2.52. The molecule has 0 aliphatic rings. The number of hydrogen-bond acceptors (Lipinski definition) is 3. The summed E-state index contributed by atoms with van der Waals surface area (Å²) in [6.07, 6.45) is 3.55. The first kappa shape index (κ1) is 17.8. The summed E-state index contributed by atoms with van der Waals surface area (Å²) in [5.41, 5.74) is 3.15. The van der Waals surface area contributed by atoms with Crippen LogP contribution < -0.4 is 9.47 Å². The molecule has 0 saturated heterocycles. The Bertz CT molecular complexity index is 827. The lowest BCUT2D eigenvalue weighted by molar-refractivity contribution is 0.256. The van der Waals surface area contributed by atoms with Crippen LogP contribution in [0.3, 0.4) is 0 Å². The molecular weight excluding hydrogens is 324 g/mol. The summed E-state index contributed by atoms with van der Waals surface area (Å²) in [6.45, 7) is 0.955. The van der Waals surface area contributed by atoms with Gasteiger partial charge in [-0.15, -0.1) is 0 Å². The van der Waals surface area contributed by atoms with Crippen LogP contribution in [0, 0.1) is 0 Å². The molecule has 0 atom stereocenters. The van der Waals surface area contributed by atoms with Gasteiger partial charge in [-0.1, -0.05) is 78.9 Å². The van der Waals surface area contributed by atoms with Gasteiger partial charge in [0.15, 0.2) is 11.5 Å². The minimum atomic E-state index is 0.00641. The number of hydrogen-bond donors (Lipinski definition) is 1. The normalized spacial score (nSPS) is 10.8. The monoisotopic (exact) mass is 346 g/mol. The van der Waals surface area contributed by atoms with Crippen molar-refractivity contribution < 1.29 is 14.6 Å². The number of benzene rings is 3. The summed E-state index contributed by atoms with van der Waals surface area (Å²) in [6, 6.07) is 25.8. The van der Waals surface area contributed by atoms with Crippen molar-refractivity contribution in [2.45, 2.75) is 13.2 Å². The molecule has 3 rings (SSSR count). The van der Waals surface area contributed by atoms with E-state index in [1.165, 1.54) is 0 Å². The van der Waals surface area contributed by atoms with E-state index < -0.39 is 0 Å². The van der Waals surface area contributed by atoms with Gasteiger partial charge in [-0.25, -0.2) is 0 Å². The predicted molar refractivity (Wildman–Crippen MR) is 104 cm³/mol. The maximum atomic E-state index is 8.97. The van der Waals surface area contributed by atoms with Gasteiger partial charge in [-0.3, -0.25) is 0 Å². The van der Waals surface area contributed by atoms with Crippen LogP contribution in [0.1, 0.15) is 16.7 Å². The van der Waals surface area contributed by atoms with Crippen molar-refractivity contribution in [3.8, 4) is 11.5 Å². The summed E-state index contributed by atoms with van der Waals surface area (Å²) in [5, 5.41) is 8.97. The Morgan fingerprint density at radius 3 is 1.85 bits per heavy atom. The minimum absolute atomic E-state index is 0.00641. The molecular formula is C23H22O3. The Labute approximate surface area is 154 Å². The van der Waals surface area contributed by atoms with Crippen LogP contribution in [0.25, 0.3) is 6.08 Å². The largest absolute Gasteiger partial charge is 0.485 e. The Balaban J connectivity index is 1.76. The second-order valence-electron chi connectivity index (χ2n) is 5.84. The van der Waals surface area contributed by atoms with E-state index in [-0.39, 0.29) is 6.61 Å². The van der Waals surface area contributed by atoms with Gasteiger partial charge < -0.3 is 14.6 Å². The Morgan fingerprint density at radius 1 is 0.692 bits per heavy atom. The highest BCUT2D eigenvalue weighted by molar-refractivity contribution is 5.56. The zero-order valence-electron chi connectivity index (χ0n) is 14.5. The number of aliphatic hydroxyl groups is 1. The highest BCUT2D eigenvalue weighted by Gasteiger charge is 2.07. The molecule has 3 aromatic carbocycles. The van der Waals surface area contributed by atoms with E-state index in [4.69, 9.17) is 14.6 Å². The molecule has 132 valence electrons. The van der Waals surface area contributed by atoms with Crippen LogP contribution in [-0.2, 0) is 13.2 Å². The van der Waals surface area contributed by atoms with Gasteiger partial charge >= 0.3 is 0 Å². The van der Waals surface area contributed by atoms with Crippen LogP contribution in [0.15, 0.2) is 84.9 Å². The second-order valence-corrected chi connectivity index (χ2v) is 5.84. The van der Waals surface area contributed by atoms with E-state index in [0.717, 1.165) is 16.7 Å². The van der Waals surface area contributed by atoms with Gasteiger partial charge in [0.1, 0.15) is 13.2 Å². The Hall–Kier alpha value is -3.04. The molecule has 0 aliphatic heterocycles. The van der Waals surface area contributed by atoms with Gasteiger partial charge in [0.25, 0.3) is 0 Å². The quantitative estimate of drug-likeness (QED) is 0.634. The fourth-order valence-electron chi connectivity index (χ4n) is 2.52. The summed E-state index contributed by atoms with van der Waals surface area (Å²) >= 11 is 0. The number of rotatable bonds is 8. The van der Waals surface area contributed by atoms with E-state index >= 15 is 0 Å². The molecule has 0 saturated carbocycles. The van der Waals surface area contributed by atoms with Gasteiger partial charge in [-0.2, -0.15) is 0 Å². The van der Waals surface area contributed by atoms with Crippen LogP contribution in [0.4, 0.5) is 0 Å². The highest BCUT2D eigenvalue weighted by Crippen LogP contribution is 2.30. The highest BCUT2D eigenvalue weighted by atomic mass is 16.5. The Kier molecular flexibility index (Phi) is 6.46. The third-order valence-corrected chi connectivity index (χ3v) is 3.86. The zero-order chi connectivity index (χ0) is 18.0. The SMILES string of the molecule is OCC=Cc1ccc(OCc2ccccc2)c(OCc2ccccc2)c1. The van der Waals surface area contributed by atoms with Crippen molar-refractivity contribution in [2.24, 2.45) is 0 Å². The van der Waals surface area contributed by atoms with Gasteiger partial charge in [-0.05, 0) is 28.8 Å². The zero-order valence-corrected chi connectivity index (χ0v) is 14.5. The van der Waals surface area contributed by atoms with Crippen molar-refractivity contribution >= 4 is 6.08 Å². The first-order chi connectivity index (χ1) is 12.8. The van der Waals surface area contributed by atoms with Crippen molar-refractivity contribution in [3.63, 3.8) is 0 Å².